The summed E-state index contributed by atoms with van der Waals surface area (Å²) < 4.78 is 0. The number of carboxylic acids is 2. The van der Waals surface area contributed by atoms with E-state index in [9.17, 15) is 9.59 Å². The van der Waals surface area contributed by atoms with Crippen molar-refractivity contribution in [2.24, 2.45) is 11.8 Å². The first kappa shape index (κ1) is 19.9. The van der Waals surface area contributed by atoms with Gasteiger partial charge in [-0.3, -0.25) is 9.59 Å². The molecule has 0 aliphatic heterocycles. The number of carbonyl (C=O) groups is 2. The highest BCUT2D eigenvalue weighted by molar-refractivity contribution is 5.79. The molecule has 21 heavy (non-hydrogen) atoms. The lowest BCUT2D eigenvalue weighted by Crippen LogP contribution is -2.27. The van der Waals surface area contributed by atoms with Crippen molar-refractivity contribution in [3.8, 4) is 0 Å². The topological polar surface area (TPSA) is 74.6 Å². The first-order valence-electron chi connectivity index (χ1n) is 8.46. The van der Waals surface area contributed by atoms with Gasteiger partial charge in [0.2, 0.25) is 0 Å². The molecule has 0 fully saturated rings. The second-order valence-corrected chi connectivity index (χ2v) is 6.04. The minimum Gasteiger partial charge on any atom is -0.481 e. The van der Waals surface area contributed by atoms with E-state index >= 15 is 0 Å². The first-order chi connectivity index (χ1) is 10.0. The first-order valence-corrected chi connectivity index (χ1v) is 8.46. The number of hydrogen-bond donors (Lipinski definition) is 2. The van der Waals surface area contributed by atoms with Crippen LogP contribution >= 0.6 is 0 Å². The Kier molecular flexibility index (Phi) is 12.0. The summed E-state index contributed by atoms with van der Waals surface area (Å²) in [7, 11) is 0. The van der Waals surface area contributed by atoms with Gasteiger partial charge >= 0.3 is 11.9 Å². The SMILES string of the molecule is CCCCCCCCCCCC[C@H](C(=O)O)[C@@H](C)C(=O)O. The van der Waals surface area contributed by atoms with Gasteiger partial charge < -0.3 is 10.2 Å². The maximum Gasteiger partial charge on any atom is 0.307 e. The summed E-state index contributed by atoms with van der Waals surface area (Å²) in [5.74, 6) is -3.56. The fourth-order valence-electron chi connectivity index (χ4n) is 2.61. The fraction of sp³-hybridized carbons (Fsp3) is 0.882. The molecule has 0 aromatic heterocycles. The molecule has 0 aliphatic carbocycles. The van der Waals surface area contributed by atoms with Crippen molar-refractivity contribution in [1.29, 1.82) is 0 Å². The molecule has 0 bridgehead atoms. The Morgan fingerprint density at radius 1 is 0.762 bits per heavy atom. The van der Waals surface area contributed by atoms with Gasteiger partial charge in [-0.2, -0.15) is 0 Å². The highest BCUT2D eigenvalue weighted by Gasteiger charge is 2.29. The summed E-state index contributed by atoms with van der Waals surface area (Å²) >= 11 is 0. The van der Waals surface area contributed by atoms with Crippen LogP contribution in [-0.4, -0.2) is 22.2 Å². The highest BCUT2D eigenvalue weighted by atomic mass is 16.4. The van der Waals surface area contributed by atoms with Gasteiger partial charge in [0.25, 0.3) is 0 Å². The summed E-state index contributed by atoms with van der Waals surface area (Å²) in [6.45, 7) is 3.70. The van der Waals surface area contributed by atoms with Crippen molar-refractivity contribution in [2.45, 2.75) is 84.5 Å². The quantitative estimate of drug-likeness (QED) is 0.455. The van der Waals surface area contributed by atoms with Crippen molar-refractivity contribution in [3.05, 3.63) is 0 Å². The van der Waals surface area contributed by atoms with Crippen LogP contribution in [0.15, 0.2) is 0 Å². The van der Waals surface area contributed by atoms with Crippen LogP contribution in [0.3, 0.4) is 0 Å². The van der Waals surface area contributed by atoms with Crippen molar-refractivity contribution in [2.75, 3.05) is 0 Å². The van der Waals surface area contributed by atoms with Crippen molar-refractivity contribution < 1.29 is 19.8 Å². The zero-order valence-corrected chi connectivity index (χ0v) is 13.6. The van der Waals surface area contributed by atoms with Crippen LogP contribution in [0.2, 0.25) is 0 Å². The summed E-state index contributed by atoms with van der Waals surface area (Å²) in [6, 6.07) is 0. The van der Waals surface area contributed by atoms with E-state index in [0.717, 1.165) is 19.3 Å². The Morgan fingerprint density at radius 2 is 1.19 bits per heavy atom. The number of unbranched alkanes of at least 4 members (excludes halogenated alkanes) is 9. The average Bonchev–Trinajstić information content (AvgIpc) is 2.43. The van der Waals surface area contributed by atoms with Crippen LogP contribution in [0.25, 0.3) is 0 Å². The zero-order valence-electron chi connectivity index (χ0n) is 13.6. The lowest BCUT2D eigenvalue weighted by atomic mass is 9.89. The standard InChI is InChI=1S/C17H32O4/c1-3-4-5-6-7-8-9-10-11-12-13-15(17(20)21)14(2)16(18)19/h14-15H,3-13H2,1-2H3,(H,18,19)(H,20,21)/t14-,15+/m1/s1. The van der Waals surface area contributed by atoms with Gasteiger partial charge in [-0.1, -0.05) is 78.1 Å². The minimum atomic E-state index is -1.02. The van der Waals surface area contributed by atoms with Gasteiger partial charge in [0.1, 0.15) is 0 Å². The Hall–Kier alpha value is -1.06. The van der Waals surface area contributed by atoms with E-state index in [1.165, 1.54) is 51.9 Å². The van der Waals surface area contributed by atoms with E-state index in [0.29, 0.717) is 6.42 Å². The monoisotopic (exact) mass is 300 g/mol. The van der Waals surface area contributed by atoms with Crippen molar-refractivity contribution in [1.82, 2.24) is 0 Å². The minimum absolute atomic E-state index is 0.472. The van der Waals surface area contributed by atoms with Gasteiger partial charge in [-0.05, 0) is 6.42 Å². The van der Waals surface area contributed by atoms with Crippen LogP contribution in [0, 0.1) is 11.8 Å². The lowest BCUT2D eigenvalue weighted by molar-refractivity contribution is -0.153. The number of carboxylic acid groups (broad SMARTS) is 2. The van der Waals surface area contributed by atoms with Crippen LogP contribution in [-0.2, 0) is 9.59 Å². The molecule has 4 heteroatoms. The van der Waals surface area contributed by atoms with E-state index < -0.39 is 23.8 Å². The van der Waals surface area contributed by atoms with Gasteiger partial charge in [-0.15, -0.1) is 0 Å². The highest BCUT2D eigenvalue weighted by Crippen LogP contribution is 2.20. The molecule has 124 valence electrons. The summed E-state index contributed by atoms with van der Waals surface area (Å²) in [4.78, 5) is 21.9. The Morgan fingerprint density at radius 3 is 1.57 bits per heavy atom. The zero-order chi connectivity index (χ0) is 16.1. The number of hydrogen-bond acceptors (Lipinski definition) is 2. The number of aliphatic carboxylic acids is 2. The average molecular weight is 300 g/mol. The third-order valence-electron chi connectivity index (χ3n) is 4.18. The van der Waals surface area contributed by atoms with E-state index in [-0.39, 0.29) is 0 Å². The van der Waals surface area contributed by atoms with E-state index in [2.05, 4.69) is 6.92 Å². The fourth-order valence-corrected chi connectivity index (χ4v) is 2.61. The van der Waals surface area contributed by atoms with Crippen molar-refractivity contribution >= 4 is 11.9 Å². The molecule has 0 amide bonds. The molecule has 0 unspecified atom stereocenters. The van der Waals surface area contributed by atoms with Crippen LogP contribution in [0.4, 0.5) is 0 Å². The van der Waals surface area contributed by atoms with Crippen LogP contribution in [0.5, 0.6) is 0 Å². The molecule has 0 spiro atoms. The van der Waals surface area contributed by atoms with Crippen LogP contribution < -0.4 is 0 Å². The summed E-state index contributed by atoms with van der Waals surface area (Å²) in [5.41, 5.74) is 0. The molecule has 0 radical (unpaired) electrons. The second-order valence-electron chi connectivity index (χ2n) is 6.04. The molecule has 0 saturated heterocycles. The van der Waals surface area contributed by atoms with Gasteiger partial charge in [-0.25, -0.2) is 0 Å². The predicted molar refractivity (Wildman–Crippen MR) is 84.4 cm³/mol. The Balaban J connectivity index is 3.59. The Labute approximate surface area is 128 Å². The molecular weight excluding hydrogens is 268 g/mol. The molecule has 2 atom stereocenters. The van der Waals surface area contributed by atoms with Gasteiger partial charge in [0.15, 0.2) is 0 Å². The smallest absolute Gasteiger partial charge is 0.307 e. The molecule has 0 aromatic carbocycles. The molecule has 0 heterocycles. The molecule has 0 aromatic rings. The van der Waals surface area contributed by atoms with Gasteiger partial charge in [0, 0.05) is 0 Å². The maximum absolute atomic E-state index is 11.1. The predicted octanol–water partition coefficient (Wildman–Crippen LogP) is 4.72. The lowest BCUT2D eigenvalue weighted by Gasteiger charge is -2.16. The van der Waals surface area contributed by atoms with Crippen LogP contribution in [0.1, 0.15) is 84.5 Å². The summed E-state index contributed by atoms with van der Waals surface area (Å²) in [6.07, 6.45) is 12.5. The molecule has 0 saturated carbocycles. The van der Waals surface area contributed by atoms with E-state index in [1.54, 1.807) is 0 Å². The van der Waals surface area contributed by atoms with Crippen molar-refractivity contribution in [3.63, 3.8) is 0 Å². The largest absolute Gasteiger partial charge is 0.481 e. The molecular formula is C17H32O4. The molecule has 2 N–H and O–H groups in total. The van der Waals surface area contributed by atoms with E-state index in [1.807, 2.05) is 0 Å². The summed E-state index contributed by atoms with van der Waals surface area (Å²) in [5, 5.41) is 18.0. The Bertz CT molecular complexity index is 289. The third-order valence-corrected chi connectivity index (χ3v) is 4.18. The number of rotatable bonds is 14. The third kappa shape index (κ3) is 10.3. The second kappa shape index (κ2) is 12.7. The molecule has 4 nitrogen and oxygen atoms in total. The van der Waals surface area contributed by atoms with Gasteiger partial charge in [0.05, 0.1) is 11.8 Å². The maximum atomic E-state index is 11.1. The molecule has 0 aliphatic rings. The van der Waals surface area contributed by atoms with E-state index in [4.69, 9.17) is 10.2 Å². The normalized spacial score (nSPS) is 13.8. The molecule has 0 rings (SSSR count).